The van der Waals surface area contributed by atoms with Crippen LogP contribution in [0.5, 0.6) is 0 Å². The van der Waals surface area contributed by atoms with Gasteiger partial charge in [0, 0.05) is 34.8 Å². The van der Waals surface area contributed by atoms with Gasteiger partial charge in [-0.1, -0.05) is 57.5 Å². The second kappa shape index (κ2) is 9.14. The fraction of sp³-hybridized carbons (Fsp3) is 0.150. The lowest BCUT2D eigenvalue weighted by Gasteiger charge is -2.06. The van der Waals surface area contributed by atoms with Crippen molar-refractivity contribution in [1.29, 1.82) is 0 Å². The molecule has 3 aromatic rings. The summed E-state index contributed by atoms with van der Waals surface area (Å²) >= 11 is 3.34. The monoisotopic (exact) mass is 427 g/mol. The molecule has 0 fully saturated rings. The lowest BCUT2D eigenvalue weighted by molar-refractivity contribution is 0.0916. The van der Waals surface area contributed by atoms with Crippen molar-refractivity contribution in [3.63, 3.8) is 0 Å². The zero-order valence-electron chi connectivity index (χ0n) is 14.4. The Morgan fingerprint density at radius 3 is 2.41 bits per heavy atom. The van der Waals surface area contributed by atoms with Crippen molar-refractivity contribution >= 4 is 27.7 Å². The number of halogens is 1. The molecule has 0 bridgehead atoms. The van der Waals surface area contributed by atoms with Gasteiger partial charge in [0.2, 0.25) is 5.76 Å². The molecule has 0 spiro atoms. The van der Waals surface area contributed by atoms with Gasteiger partial charge >= 0.3 is 0 Å². The number of nitrogens with zero attached hydrogens (tertiary/aromatic N) is 1. The first-order valence-corrected chi connectivity index (χ1v) is 9.27. The van der Waals surface area contributed by atoms with Crippen molar-refractivity contribution < 1.29 is 14.1 Å². The topological polar surface area (TPSA) is 84.2 Å². The number of carbonyl (C=O) groups is 2. The SMILES string of the molecule is O=C(NCCCNC(=O)c1cc(-c2ccccc2)no1)c1cccc(Br)c1. The van der Waals surface area contributed by atoms with Gasteiger partial charge in [0.05, 0.1) is 0 Å². The molecule has 0 saturated carbocycles. The number of carbonyl (C=O) groups excluding carboxylic acids is 2. The fourth-order valence-electron chi connectivity index (χ4n) is 2.44. The molecule has 0 aliphatic rings. The predicted molar refractivity (Wildman–Crippen MR) is 105 cm³/mol. The second-order valence-electron chi connectivity index (χ2n) is 5.82. The summed E-state index contributed by atoms with van der Waals surface area (Å²) < 4.78 is 5.96. The van der Waals surface area contributed by atoms with Gasteiger partial charge in [-0.25, -0.2) is 0 Å². The van der Waals surface area contributed by atoms with Crippen LogP contribution in [-0.4, -0.2) is 30.1 Å². The fourth-order valence-corrected chi connectivity index (χ4v) is 2.84. The van der Waals surface area contributed by atoms with Gasteiger partial charge in [0.15, 0.2) is 0 Å². The van der Waals surface area contributed by atoms with E-state index in [0.29, 0.717) is 30.8 Å². The van der Waals surface area contributed by atoms with E-state index >= 15 is 0 Å². The summed E-state index contributed by atoms with van der Waals surface area (Å²) in [5, 5.41) is 9.49. The average molecular weight is 428 g/mol. The van der Waals surface area contributed by atoms with Crippen LogP contribution in [0.4, 0.5) is 0 Å². The Kier molecular flexibility index (Phi) is 6.38. The Morgan fingerprint density at radius 2 is 1.67 bits per heavy atom. The highest BCUT2D eigenvalue weighted by Gasteiger charge is 2.13. The molecule has 1 heterocycles. The van der Waals surface area contributed by atoms with E-state index in [1.807, 2.05) is 36.4 Å². The van der Waals surface area contributed by atoms with E-state index in [9.17, 15) is 9.59 Å². The molecule has 0 aliphatic carbocycles. The van der Waals surface area contributed by atoms with Crippen molar-refractivity contribution in [2.75, 3.05) is 13.1 Å². The molecular weight excluding hydrogens is 410 g/mol. The summed E-state index contributed by atoms with van der Waals surface area (Å²) in [4.78, 5) is 24.1. The van der Waals surface area contributed by atoms with Crippen molar-refractivity contribution in [2.45, 2.75) is 6.42 Å². The third kappa shape index (κ3) is 5.27. The zero-order chi connectivity index (χ0) is 19.1. The number of hydrogen-bond donors (Lipinski definition) is 2. The van der Waals surface area contributed by atoms with Crippen LogP contribution in [0.2, 0.25) is 0 Å². The Morgan fingerprint density at radius 1 is 0.926 bits per heavy atom. The molecule has 0 atom stereocenters. The first-order valence-electron chi connectivity index (χ1n) is 8.47. The van der Waals surface area contributed by atoms with Crippen LogP contribution in [0.3, 0.4) is 0 Å². The van der Waals surface area contributed by atoms with E-state index in [-0.39, 0.29) is 17.6 Å². The number of nitrogens with one attached hydrogen (secondary N) is 2. The number of aromatic nitrogens is 1. The molecule has 0 radical (unpaired) electrons. The van der Waals surface area contributed by atoms with E-state index < -0.39 is 0 Å². The van der Waals surface area contributed by atoms with Crippen LogP contribution in [0, 0.1) is 0 Å². The average Bonchev–Trinajstić information content (AvgIpc) is 3.18. The van der Waals surface area contributed by atoms with Crippen molar-refractivity contribution in [3.8, 4) is 11.3 Å². The number of hydrogen-bond acceptors (Lipinski definition) is 4. The zero-order valence-corrected chi connectivity index (χ0v) is 16.0. The lowest BCUT2D eigenvalue weighted by Crippen LogP contribution is -2.29. The first-order chi connectivity index (χ1) is 13.1. The highest BCUT2D eigenvalue weighted by Crippen LogP contribution is 2.18. The standard InChI is InChI=1S/C20H18BrN3O3/c21-16-9-4-8-15(12-16)19(25)22-10-5-11-23-20(26)18-13-17(24-27-18)14-6-2-1-3-7-14/h1-4,6-9,12-13H,5,10-11H2,(H,22,25)(H,23,26). The molecule has 6 nitrogen and oxygen atoms in total. The maximum absolute atomic E-state index is 12.1. The minimum absolute atomic E-state index is 0.148. The first kappa shape index (κ1) is 18.8. The van der Waals surface area contributed by atoms with Crippen LogP contribution in [-0.2, 0) is 0 Å². The van der Waals surface area contributed by atoms with Gasteiger partial charge in [-0.3, -0.25) is 9.59 Å². The molecule has 138 valence electrons. The Labute approximate surface area is 165 Å². The van der Waals surface area contributed by atoms with Gasteiger partial charge in [0.25, 0.3) is 11.8 Å². The highest BCUT2D eigenvalue weighted by atomic mass is 79.9. The Bertz CT molecular complexity index is 925. The molecule has 7 heteroatoms. The molecule has 27 heavy (non-hydrogen) atoms. The normalized spacial score (nSPS) is 10.4. The van der Waals surface area contributed by atoms with Crippen molar-refractivity contribution in [3.05, 3.63) is 76.5 Å². The summed E-state index contributed by atoms with van der Waals surface area (Å²) in [6, 6.07) is 18.3. The summed E-state index contributed by atoms with van der Waals surface area (Å²) in [5.41, 5.74) is 2.08. The molecule has 2 N–H and O–H groups in total. The molecule has 0 saturated heterocycles. The smallest absolute Gasteiger partial charge is 0.289 e. The van der Waals surface area contributed by atoms with E-state index in [4.69, 9.17) is 4.52 Å². The third-order valence-corrected chi connectivity index (χ3v) is 4.31. The lowest BCUT2D eigenvalue weighted by atomic mass is 10.1. The van der Waals surface area contributed by atoms with Gasteiger partial charge in [-0.05, 0) is 24.6 Å². The van der Waals surface area contributed by atoms with Crippen molar-refractivity contribution in [1.82, 2.24) is 15.8 Å². The largest absolute Gasteiger partial charge is 0.352 e. The predicted octanol–water partition coefficient (Wildman–Crippen LogP) is 3.65. The molecular formula is C20H18BrN3O3. The minimum Gasteiger partial charge on any atom is -0.352 e. The van der Waals surface area contributed by atoms with Gasteiger partial charge < -0.3 is 15.2 Å². The highest BCUT2D eigenvalue weighted by molar-refractivity contribution is 9.10. The molecule has 3 rings (SSSR count). The van der Waals surface area contributed by atoms with Gasteiger partial charge in [-0.2, -0.15) is 0 Å². The summed E-state index contributed by atoms with van der Waals surface area (Å²) in [6.45, 7) is 0.871. The number of amides is 2. The maximum atomic E-state index is 12.1. The van der Waals surface area contributed by atoms with Crippen LogP contribution < -0.4 is 10.6 Å². The summed E-state index contributed by atoms with van der Waals surface area (Å²) in [7, 11) is 0. The van der Waals surface area contributed by atoms with Gasteiger partial charge in [-0.15, -0.1) is 0 Å². The van der Waals surface area contributed by atoms with E-state index in [0.717, 1.165) is 10.0 Å². The number of benzene rings is 2. The Balaban J connectivity index is 1.41. The van der Waals surface area contributed by atoms with E-state index in [1.54, 1.807) is 24.3 Å². The van der Waals surface area contributed by atoms with Crippen molar-refractivity contribution in [2.24, 2.45) is 0 Å². The van der Waals surface area contributed by atoms with Gasteiger partial charge in [0.1, 0.15) is 5.69 Å². The molecule has 0 aliphatic heterocycles. The van der Waals surface area contributed by atoms with E-state index in [2.05, 4.69) is 31.7 Å². The molecule has 2 aromatic carbocycles. The van der Waals surface area contributed by atoms with Crippen LogP contribution in [0.1, 0.15) is 27.3 Å². The summed E-state index contributed by atoms with van der Waals surface area (Å²) in [5.74, 6) is -0.319. The number of rotatable bonds is 7. The Hall–Kier alpha value is -2.93. The molecule has 0 unspecified atom stereocenters. The summed E-state index contributed by atoms with van der Waals surface area (Å²) in [6.07, 6.45) is 0.602. The van der Waals surface area contributed by atoms with Crippen LogP contribution >= 0.6 is 15.9 Å². The minimum atomic E-state index is -0.331. The molecule has 1 aromatic heterocycles. The maximum Gasteiger partial charge on any atom is 0.289 e. The van der Waals surface area contributed by atoms with E-state index in [1.165, 1.54) is 0 Å². The second-order valence-corrected chi connectivity index (χ2v) is 6.73. The quantitative estimate of drug-likeness (QED) is 0.563. The third-order valence-electron chi connectivity index (χ3n) is 3.81. The van der Waals surface area contributed by atoms with Crippen LogP contribution in [0.15, 0.2) is 69.7 Å². The molecule has 2 amide bonds. The van der Waals surface area contributed by atoms with Crippen LogP contribution in [0.25, 0.3) is 11.3 Å².